The van der Waals surface area contributed by atoms with Crippen LogP contribution in [0.3, 0.4) is 0 Å². The van der Waals surface area contributed by atoms with Crippen LogP contribution < -0.4 is 10.2 Å². The number of aromatic nitrogens is 2. The molecule has 0 unspecified atom stereocenters. The number of alkyl halides is 2. The number of ether oxygens (including phenoxy) is 1. The minimum Gasteiger partial charge on any atom is -0.348 e. The summed E-state index contributed by atoms with van der Waals surface area (Å²) in [6.45, 7) is -2.43. The van der Waals surface area contributed by atoms with Crippen LogP contribution >= 0.6 is 11.6 Å². The molecule has 3 fully saturated rings. The van der Waals surface area contributed by atoms with Gasteiger partial charge >= 0.3 is 6.61 Å². The number of nitrogens with one attached hydrogen (secondary N) is 2. The Morgan fingerprint density at radius 2 is 1.95 bits per heavy atom. The van der Waals surface area contributed by atoms with Crippen molar-refractivity contribution < 1.29 is 32.3 Å². The Morgan fingerprint density at radius 3 is 2.62 bits per heavy atom. The number of carbonyl (C=O) groups excluding carboxylic acids is 3. The number of nitrogens with zero attached hydrogens (tertiary/aromatic N) is 3. The first-order valence-corrected chi connectivity index (χ1v) is 12.4. The smallest absolute Gasteiger partial charge is 0.345 e. The van der Waals surface area contributed by atoms with Crippen LogP contribution in [-0.4, -0.2) is 71.0 Å². The first kappa shape index (κ1) is 25.5. The summed E-state index contributed by atoms with van der Waals surface area (Å²) in [6.07, 6.45) is 3.41. The molecule has 3 aliphatic rings. The molecule has 13 heteroatoms. The normalized spacial score (nSPS) is 24.1. The molecule has 3 amide bonds. The molecule has 0 radical (unpaired) electrons. The predicted molar refractivity (Wildman–Crippen MR) is 126 cm³/mol. The van der Waals surface area contributed by atoms with Crippen LogP contribution in [0.4, 0.5) is 18.9 Å². The molecule has 9 nitrogen and oxygen atoms in total. The minimum atomic E-state index is -2.91. The zero-order valence-corrected chi connectivity index (χ0v) is 20.4. The second kappa shape index (κ2) is 9.97. The van der Waals surface area contributed by atoms with E-state index in [1.165, 1.54) is 29.4 Å². The van der Waals surface area contributed by atoms with Gasteiger partial charge in [0.2, 0.25) is 5.91 Å². The van der Waals surface area contributed by atoms with E-state index in [0.29, 0.717) is 44.3 Å². The summed E-state index contributed by atoms with van der Waals surface area (Å²) in [4.78, 5) is 48.5. The molecule has 1 saturated carbocycles. The largest absolute Gasteiger partial charge is 0.348 e. The van der Waals surface area contributed by atoms with Crippen LogP contribution in [0, 0.1) is 11.2 Å². The number of hydrogen-bond acceptors (Lipinski definition) is 5. The highest BCUT2D eigenvalue weighted by Gasteiger charge is 2.49. The van der Waals surface area contributed by atoms with E-state index in [1.54, 1.807) is 4.90 Å². The van der Waals surface area contributed by atoms with E-state index in [0.717, 1.165) is 0 Å². The third kappa shape index (κ3) is 4.91. The van der Waals surface area contributed by atoms with Gasteiger partial charge in [0.05, 0.1) is 28.6 Å². The van der Waals surface area contributed by atoms with Gasteiger partial charge in [-0.15, -0.1) is 0 Å². The Labute approximate surface area is 215 Å². The maximum absolute atomic E-state index is 13.4. The van der Waals surface area contributed by atoms with Crippen molar-refractivity contribution in [3.05, 3.63) is 46.8 Å². The van der Waals surface area contributed by atoms with Gasteiger partial charge in [-0.2, -0.15) is 8.78 Å². The van der Waals surface area contributed by atoms with Crippen molar-refractivity contribution in [2.75, 3.05) is 24.5 Å². The van der Waals surface area contributed by atoms with Gasteiger partial charge in [-0.05, 0) is 50.3 Å². The number of aromatic amines is 1. The molecule has 1 aromatic carbocycles. The lowest BCUT2D eigenvalue weighted by Gasteiger charge is -2.38. The van der Waals surface area contributed by atoms with Crippen molar-refractivity contribution in [1.82, 2.24) is 20.2 Å². The van der Waals surface area contributed by atoms with E-state index in [1.807, 2.05) is 0 Å². The minimum absolute atomic E-state index is 0.00224. The monoisotopic (exact) mass is 539 g/mol. The fourth-order valence-electron chi connectivity index (χ4n) is 5.40. The van der Waals surface area contributed by atoms with Gasteiger partial charge in [0, 0.05) is 25.7 Å². The highest BCUT2D eigenvalue weighted by Crippen LogP contribution is 2.47. The van der Waals surface area contributed by atoms with Gasteiger partial charge in [-0.1, -0.05) is 11.6 Å². The number of amides is 3. The lowest BCUT2D eigenvalue weighted by molar-refractivity contribution is -0.189. The van der Waals surface area contributed by atoms with Crippen molar-refractivity contribution in [3.63, 3.8) is 0 Å². The summed E-state index contributed by atoms with van der Waals surface area (Å²) < 4.78 is 42.4. The average molecular weight is 540 g/mol. The lowest BCUT2D eigenvalue weighted by atomic mass is 9.71. The number of anilines is 1. The molecule has 0 bridgehead atoms. The van der Waals surface area contributed by atoms with Crippen LogP contribution in [-0.2, 0) is 9.53 Å². The van der Waals surface area contributed by atoms with Gasteiger partial charge < -0.3 is 24.8 Å². The zero-order chi connectivity index (χ0) is 26.3. The molecule has 3 heterocycles. The Hall–Kier alpha value is -3.12. The summed E-state index contributed by atoms with van der Waals surface area (Å²) in [5.41, 5.74) is -0.149. The molecule has 2 aromatic rings. The Balaban J connectivity index is 1.17. The first-order chi connectivity index (χ1) is 17.7. The molecule has 198 valence electrons. The van der Waals surface area contributed by atoms with Crippen LogP contribution in [0.5, 0.6) is 0 Å². The van der Waals surface area contributed by atoms with Gasteiger partial charge in [0.25, 0.3) is 11.8 Å². The molecule has 1 aromatic heterocycles. The number of halogens is 4. The Kier molecular flexibility index (Phi) is 6.88. The lowest BCUT2D eigenvalue weighted by Crippen LogP contribution is -2.55. The number of H-pyrrole nitrogens is 1. The van der Waals surface area contributed by atoms with Crippen molar-refractivity contribution in [2.45, 2.75) is 50.9 Å². The maximum atomic E-state index is 13.4. The van der Waals surface area contributed by atoms with Crippen LogP contribution in [0.1, 0.15) is 53.1 Å². The molecular weight excluding hydrogens is 515 g/mol. The summed E-state index contributed by atoms with van der Waals surface area (Å²) in [6, 6.07) is 3.77. The zero-order valence-electron chi connectivity index (χ0n) is 19.7. The number of rotatable bonds is 6. The van der Waals surface area contributed by atoms with Crippen molar-refractivity contribution >= 4 is 35.0 Å². The van der Waals surface area contributed by atoms with Crippen molar-refractivity contribution in [3.8, 4) is 0 Å². The Bertz CT molecular complexity index is 1210. The van der Waals surface area contributed by atoms with E-state index in [2.05, 4.69) is 20.0 Å². The molecular formula is C24H25ClF3N5O4. The molecule has 2 saturated heterocycles. The number of carbonyl (C=O) groups is 3. The van der Waals surface area contributed by atoms with Crippen LogP contribution in [0.15, 0.2) is 24.5 Å². The maximum Gasteiger partial charge on any atom is 0.345 e. The third-order valence-electron chi connectivity index (χ3n) is 7.49. The molecule has 1 aliphatic carbocycles. The highest BCUT2D eigenvalue weighted by atomic mass is 35.5. The standard InChI is InChI=1S/C24H25ClF3N5O4/c25-16-9-13(26)1-2-17(16)33-8-7-24(22(33)36)5-3-14(4-6-24)31-20(34)18-19(30-12-29-18)21(35)32-10-15(11-32)37-23(27)28/h1-2,9,12,14-15,23H,3-8,10-11H2,(H,29,30)(H,31,34)/t14-,24-. The quantitative estimate of drug-likeness (QED) is 0.585. The van der Waals surface area contributed by atoms with Gasteiger partial charge in [0.1, 0.15) is 11.5 Å². The SMILES string of the molecule is O=C(N[C@H]1CC[C@@]2(CCN(c3ccc(F)cc3Cl)C2=O)CC1)c1[nH]cnc1C(=O)N1CC(OC(F)F)C1. The molecule has 1 spiro atoms. The fourth-order valence-corrected chi connectivity index (χ4v) is 5.67. The van der Waals surface area contributed by atoms with E-state index >= 15 is 0 Å². The van der Waals surface area contributed by atoms with E-state index in [-0.39, 0.29) is 41.4 Å². The number of imidazole rings is 1. The highest BCUT2D eigenvalue weighted by molar-refractivity contribution is 6.34. The molecule has 0 atom stereocenters. The van der Waals surface area contributed by atoms with Crippen LogP contribution in [0.2, 0.25) is 5.02 Å². The number of benzene rings is 1. The second-order valence-corrected chi connectivity index (χ2v) is 10.1. The average Bonchev–Trinajstić information content (AvgIpc) is 3.43. The number of hydrogen-bond donors (Lipinski definition) is 2. The van der Waals surface area contributed by atoms with Gasteiger partial charge in [-0.25, -0.2) is 9.37 Å². The van der Waals surface area contributed by atoms with Gasteiger partial charge in [-0.3, -0.25) is 14.4 Å². The van der Waals surface area contributed by atoms with E-state index < -0.39 is 35.8 Å². The summed E-state index contributed by atoms with van der Waals surface area (Å²) in [5, 5.41) is 3.10. The van der Waals surface area contributed by atoms with Crippen molar-refractivity contribution in [2.24, 2.45) is 5.41 Å². The summed E-state index contributed by atoms with van der Waals surface area (Å²) in [7, 11) is 0. The second-order valence-electron chi connectivity index (χ2n) is 9.69. The van der Waals surface area contributed by atoms with Crippen molar-refractivity contribution in [1.29, 1.82) is 0 Å². The van der Waals surface area contributed by atoms with Crippen LogP contribution in [0.25, 0.3) is 0 Å². The predicted octanol–water partition coefficient (Wildman–Crippen LogP) is 3.36. The van der Waals surface area contributed by atoms with E-state index in [9.17, 15) is 27.6 Å². The molecule has 37 heavy (non-hydrogen) atoms. The first-order valence-electron chi connectivity index (χ1n) is 12.0. The molecule has 5 rings (SSSR count). The fraction of sp³-hybridized carbons (Fsp3) is 0.500. The molecule has 2 aliphatic heterocycles. The number of likely N-dealkylation sites (tertiary alicyclic amines) is 1. The molecule has 2 N–H and O–H groups in total. The summed E-state index contributed by atoms with van der Waals surface area (Å²) >= 11 is 6.17. The summed E-state index contributed by atoms with van der Waals surface area (Å²) in [5.74, 6) is -1.56. The Morgan fingerprint density at radius 1 is 1.22 bits per heavy atom. The third-order valence-corrected chi connectivity index (χ3v) is 7.79. The van der Waals surface area contributed by atoms with E-state index in [4.69, 9.17) is 11.6 Å². The van der Waals surface area contributed by atoms with Gasteiger partial charge in [0.15, 0.2) is 5.69 Å². The topological polar surface area (TPSA) is 108 Å².